The van der Waals surface area contributed by atoms with Crippen LogP contribution in [0.4, 0.5) is 0 Å². The van der Waals surface area contributed by atoms with E-state index in [-0.39, 0.29) is 33.6 Å². The molecule has 0 unspecified atom stereocenters. The summed E-state index contributed by atoms with van der Waals surface area (Å²) in [6, 6.07) is 8.98. The van der Waals surface area contributed by atoms with Gasteiger partial charge in [-0.1, -0.05) is 57.8 Å². The predicted octanol–water partition coefficient (Wildman–Crippen LogP) is 6.40. The van der Waals surface area contributed by atoms with Gasteiger partial charge in [-0.25, -0.2) is 0 Å². The van der Waals surface area contributed by atoms with Gasteiger partial charge in [0, 0.05) is 29.9 Å². The average molecular weight is 469 g/mol. The highest BCUT2D eigenvalue weighted by Crippen LogP contribution is 2.36. The summed E-state index contributed by atoms with van der Waals surface area (Å²) in [5.74, 6) is 0.130. The molecule has 1 aromatic heterocycles. The quantitative estimate of drug-likeness (QED) is 0.204. The molecule has 4 N–H and O–H groups in total. The van der Waals surface area contributed by atoms with Crippen LogP contribution in [0.2, 0.25) is 0 Å². The summed E-state index contributed by atoms with van der Waals surface area (Å²) in [7, 11) is 0. The molecule has 0 fully saturated rings. The molecule has 3 aromatic rings. The van der Waals surface area contributed by atoms with E-state index < -0.39 is 0 Å². The van der Waals surface area contributed by atoms with Gasteiger partial charge < -0.3 is 24.8 Å². The molecule has 0 saturated heterocycles. The molecule has 184 valence electrons. The van der Waals surface area contributed by atoms with Crippen LogP contribution in [-0.2, 0) is 6.42 Å². The zero-order chi connectivity index (χ0) is 24.3. The second-order valence-corrected chi connectivity index (χ2v) is 8.98. The molecule has 6 heteroatoms. The molecule has 0 aliphatic heterocycles. The van der Waals surface area contributed by atoms with Crippen molar-refractivity contribution in [2.45, 2.75) is 77.0 Å². The van der Waals surface area contributed by atoms with Gasteiger partial charge in [-0.3, -0.25) is 4.79 Å². The summed E-state index contributed by atoms with van der Waals surface area (Å²) in [6.45, 7) is 0.296. The Bertz CT molecular complexity index is 1100. The summed E-state index contributed by atoms with van der Waals surface area (Å²) >= 11 is 0. The zero-order valence-electron chi connectivity index (χ0n) is 19.8. The minimum Gasteiger partial charge on any atom is -0.508 e. The van der Waals surface area contributed by atoms with Gasteiger partial charge in [0.1, 0.15) is 34.0 Å². The number of rotatable bonds is 14. The van der Waals surface area contributed by atoms with Crippen molar-refractivity contribution in [2.24, 2.45) is 0 Å². The first kappa shape index (κ1) is 25.6. The number of hydrogen-bond donors (Lipinski definition) is 4. The van der Waals surface area contributed by atoms with E-state index in [1.54, 1.807) is 12.1 Å². The Balaban J connectivity index is 1.52. The number of phenols is 3. The second kappa shape index (κ2) is 13.0. The topological polar surface area (TPSA) is 111 Å². The van der Waals surface area contributed by atoms with E-state index in [0.717, 1.165) is 32.1 Å². The molecular weight excluding hydrogens is 432 g/mol. The van der Waals surface area contributed by atoms with E-state index in [0.29, 0.717) is 29.9 Å². The van der Waals surface area contributed by atoms with Crippen LogP contribution in [-0.4, -0.2) is 27.0 Å². The number of aliphatic hydroxyl groups is 1. The molecule has 2 aromatic carbocycles. The molecule has 6 nitrogen and oxygen atoms in total. The largest absolute Gasteiger partial charge is 0.508 e. The fourth-order valence-corrected chi connectivity index (χ4v) is 4.35. The lowest BCUT2D eigenvalue weighted by molar-refractivity contribution is 0.282. The lowest BCUT2D eigenvalue weighted by atomic mass is 10.00. The van der Waals surface area contributed by atoms with Crippen molar-refractivity contribution in [3.63, 3.8) is 0 Å². The van der Waals surface area contributed by atoms with E-state index in [9.17, 15) is 20.1 Å². The summed E-state index contributed by atoms with van der Waals surface area (Å²) in [6.07, 6.45) is 12.8. The molecule has 0 aliphatic rings. The van der Waals surface area contributed by atoms with Gasteiger partial charge in [-0.15, -0.1) is 0 Å². The van der Waals surface area contributed by atoms with Crippen LogP contribution in [0.15, 0.2) is 45.6 Å². The number of fused-ring (bicyclic) bond motifs is 1. The van der Waals surface area contributed by atoms with Gasteiger partial charge in [-0.05, 0) is 43.5 Å². The lowest BCUT2D eigenvalue weighted by Gasteiger charge is -2.11. The number of aliphatic hydroxyl groups excluding tert-OH is 1. The van der Waals surface area contributed by atoms with Crippen molar-refractivity contribution in [1.82, 2.24) is 0 Å². The lowest BCUT2D eigenvalue weighted by Crippen LogP contribution is -2.02. The van der Waals surface area contributed by atoms with Gasteiger partial charge in [0.25, 0.3) is 0 Å². The second-order valence-electron chi connectivity index (χ2n) is 8.98. The van der Waals surface area contributed by atoms with Crippen molar-refractivity contribution in [3.8, 4) is 28.6 Å². The van der Waals surface area contributed by atoms with E-state index >= 15 is 0 Å². The molecule has 34 heavy (non-hydrogen) atoms. The van der Waals surface area contributed by atoms with Crippen molar-refractivity contribution in [1.29, 1.82) is 0 Å². The molecule has 0 radical (unpaired) electrons. The van der Waals surface area contributed by atoms with Crippen molar-refractivity contribution >= 4 is 11.0 Å². The van der Waals surface area contributed by atoms with Crippen molar-refractivity contribution in [2.75, 3.05) is 6.61 Å². The summed E-state index contributed by atoms with van der Waals surface area (Å²) in [5, 5.41) is 39.5. The van der Waals surface area contributed by atoms with Gasteiger partial charge in [-0.2, -0.15) is 0 Å². The third kappa shape index (κ3) is 7.00. The smallest absolute Gasteiger partial charge is 0.197 e. The number of benzene rings is 2. The van der Waals surface area contributed by atoms with E-state index in [1.807, 2.05) is 0 Å². The van der Waals surface area contributed by atoms with Crippen LogP contribution in [0.3, 0.4) is 0 Å². The van der Waals surface area contributed by atoms with Gasteiger partial charge in [0.05, 0.1) is 0 Å². The minimum atomic E-state index is -0.376. The maximum atomic E-state index is 12.7. The van der Waals surface area contributed by atoms with Crippen LogP contribution < -0.4 is 5.43 Å². The van der Waals surface area contributed by atoms with E-state index in [2.05, 4.69) is 0 Å². The van der Waals surface area contributed by atoms with E-state index in [1.165, 1.54) is 62.8 Å². The Kier molecular flexibility index (Phi) is 9.83. The van der Waals surface area contributed by atoms with Crippen LogP contribution >= 0.6 is 0 Å². The van der Waals surface area contributed by atoms with Gasteiger partial charge in [0.15, 0.2) is 5.43 Å². The van der Waals surface area contributed by atoms with Gasteiger partial charge >= 0.3 is 0 Å². The predicted molar refractivity (Wildman–Crippen MR) is 134 cm³/mol. The average Bonchev–Trinajstić information content (AvgIpc) is 2.81. The first-order valence-electron chi connectivity index (χ1n) is 12.4. The fourth-order valence-electron chi connectivity index (χ4n) is 4.35. The molecule has 3 rings (SSSR count). The maximum absolute atomic E-state index is 12.7. The minimum absolute atomic E-state index is 0.0720. The number of unbranched alkanes of at least 4 members (excludes halogenated alkanes) is 10. The fraction of sp³-hybridized carbons (Fsp3) is 0.464. The molecule has 0 atom stereocenters. The normalized spacial score (nSPS) is 11.3. The monoisotopic (exact) mass is 468 g/mol. The molecule has 0 bridgehead atoms. The van der Waals surface area contributed by atoms with Crippen LogP contribution in [0.1, 0.15) is 76.2 Å². The van der Waals surface area contributed by atoms with Crippen molar-refractivity contribution in [3.05, 3.63) is 52.2 Å². The Morgan fingerprint density at radius 1 is 0.706 bits per heavy atom. The standard InChI is InChI=1S/C28H36O6/c29-17-11-9-7-5-3-1-2-4-6-8-10-12-22-23(31)18-26-27(28(22)33)24(32)19-25(34-26)20-13-15-21(30)16-14-20/h13-16,18-19,29-31,33H,1-12,17H2. The van der Waals surface area contributed by atoms with Gasteiger partial charge in [0.2, 0.25) is 0 Å². The zero-order valence-corrected chi connectivity index (χ0v) is 19.8. The molecular formula is C28H36O6. The molecule has 1 heterocycles. The van der Waals surface area contributed by atoms with E-state index in [4.69, 9.17) is 9.52 Å². The molecule has 0 aliphatic carbocycles. The number of hydrogen-bond acceptors (Lipinski definition) is 6. The highest BCUT2D eigenvalue weighted by atomic mass is 16.3. The number of aromatic hydroxyl groups is 3. The highest BCUT2D eigenvalue weighted by molar-refractivity contribution is 5.88. The molecule has 0 spiro atoms. The number of phenolic OH excluding ortho intramolecular Hbond substituents is 3. The van der Waals surface area contributed by atoms with Crippen LogP contribution in [0, 0.1) is 0 Å². The first-order chi connectivity index (χ1) is 16.5. The van der Waals surface area contributed by atoms with Crippen LogP contribution in [0.5, 0.6) is 17.2 Å². The van der Waals surface area contributed by atoms with Crippen LogP contribution in [0.25, 0.3) is 22.3 Å². The summed E-state index contributed by atoms with van der Waals surface area (Å²) < 4.78 is 5.79. The first-order valence-corrected chi connectivity index (χ1v) is 12.4. The van der Waals surface area contributed by atoms with Crippen molar-refractivity contribution < 1.29 is 24.8 Å². The Morgan fingerprint density at radius 3 is 1.85 bits per heavy atom. The summed E-state index contributed by atoms with van der Waals surface area (Å²) in [4.78, 5) is 12.7. The Labute approximate surface area is 200 Å². The summed E-state index contributed by atoms with van der Waals surface area (Å²) in [5.41, 5.74) is 0.756. The third-order valence-electron chi connectivity index (χ3n) is 6.31. The molecule has 0 saturated carbocycles. The maximum Gasteiger partial charge on any atom is 0.197 e. The Morgan fingerprint density at radius 2 is 1.26 bits per heavy atom. The SMILES string of the molecule is O=c1cc(-c2ccc(O)cc2)oc2cc(O)c(CCCCCCCCCCCCCO)c(O)c12. The Hall–Kier alpha value is -2.99. The third-order valence-corrected chi connectivity index (χ3v) is 6.31. The molecule has 0 amide bonds. The highest BCUT2D eigenvalue weighted by Gasteiger charge is 2.17.